The first kappa shape index (κ1) is 29.2. The van der Waals surface area contributed by atoms with Crippen LogP contribution < -0.4 is 11.0 Å². The number of rotatable bonds is 9. The Hall–Kier alpha value is -3.92. The molecule has 0 spiro atoms. The fourth-order valence-electron chi connectivity index (χ4n) is 7.87. The monoisotopic (exact) mass is 588 g/mol. The molecule has 1 unspecified atom stereocenters. The molecule has 1 aliphatic heterocycles. The van der Waals surface area contributed by atoms with Gasteiger partial charge in [-0.15, -0.1) is 0 Å². The van der Waals surface area contributed by atoms with Crippen LogP contribution in [0, 0.1) is 24.6 Å². The Morgan fingerprint density at radius 3 is 2.67 bits per heavy atom. The largest absolute Gasteiger partial charge is 0.453 e. The van der Waals surface area contributed by atoms with E-state index in [1.165, 1.54) is 18.7 Å². The molecule has 2 aromatic heterocycles. The summed E-state index contributed by atoms with van der Waals surface area (Å²) in [6.07, 6.45) is 9.07. The lowest BCUT2D eigenvalue weighted by Crippen LogP contribution is -2.55. The summed E-state index contributed by atoms with van der Waals surface area (Å²) >= 11 is 0. The number of aromatic amines is 2. The highest BCUT2D eigenvalue weighted by molar-refractivity contribution is 5.75. The van der Waals surface area contributed by atoms with Crippen molar-refractivity contribution in [2.45, 2.75) is 63.5 Å². The molecular formula is C33H41FN6O3. The molecule has 3 heterocycles. The molecule has 228 valence electrons. The second-order valence-electron chi connectivity index (χ2n) is 12.3. The molecule has 2 fully saturated rings. The van der Waals surface area contributed by atoms with Gasteiger partial charge in [-0.2, -0.15) is 0 Å². The summed E-state index contributed by atoms with van der Waals surface area (Å²) in [7, 11) is 1.40. The maximum atomic E-state index is 15.0. The Morgan fingerprint density at radius 2 is 1.93 bits per heavy atom. The highest BCUT2D eigenvalue weighted by Crippen LogP contribution is 2.51. The van der Waals surface area contributed by atoms with Crippen LogP contribution in [0.3, 0.4) is 0 Å². The number of nitrogens with zero attached hydrogens (tertiary/aromatic N) is 3. The number of ether oxygens (including phenoxy) is 1. The third-order valence-electron chi connectivity index (χ3n) is 10.00. The van der Waals surface area contributed by atoms with Crippen molar-refractivity contribution in [1.29, 1.82) is 0 Å². The molecule has 4 aromatic rings. The summed E-state index contributed by atoms with van der Waals surface area (Å²) in [5.74, 6) is 1.08. The van der Waals surface area contributed by atoms with Crippen molar-refractivity contribution < 1.29 is 13.9 Å². The van der Waals surface area contributed by atoms with Crippen molar-refractivity contribution in [2.75, 3.05) is 26.7 Å². The third kappa shape index (κ3) is 5.98. The van der Waals surface area contributed by atoms with E-state index in [1.807, 2.05) is 31.5 Å². The number of aryl methyl sites for hydroxylation is 1. The molecule has 43 heavy (non-hydrogen) atoms. The number of amides is 1. The molecule has 1 amide bonds. The summed E-state index contributed by atoms with van der Waals surface area (Å²) in [4.78, 5) is 36.8. The molecule has 10 heteroatoms. The second kappa shape index (κ2) is 12.4. The lowest BCUT2D eigenvalue weighted by molar-refractivity contribution is 0.0612. The van der Waals surface area contributed by atoms with Gasteiger partial charge in [-0.3, -0.25) is 0 Å². The summed E-state index contributed by atoms with van der Waals surface area (Å²) in [5, 5.41) is 3.15. The van der Waals surface area contributed by atoms with Gasteiger partial charge in [0.05, 0.1) is 18.1 Å². The van der Waals surface area contributed by atoms with E-state index < -0.39 is 11.5 Å². The van der Waals surface area contributed by atoms with Crippen LogP contribution >= 0.6 is 0 Å². The van der Waals surface area contributed by atoms with Gasteiger partial charge in [0.15, 0.2) is 0 Å². The predicted molar refractivity (Wildman–Crippen MR) is 163 cm³/mol. The van der Waals surface area contributed by atoms with Crippen LogP contribution in [-0.2, 0) is 23.1 Å². The smallest absolute Gasteiger partial charge is 0.407 e. The average Bonchev–Trinajstić information content (AvgIpc) is 3.74. The van der Waals surface area contributed by atoms with Gasteiger partial charge in [0.1, 0.15) is 11.6 Å². The van der Waals surface area contributed by atoms with Gasteiger partial charge in [-0.25, -0.2) is 19.0 Å². The van der Waals surface area contributed by atoms with E-state index in [4.69, 9.17) is 4.74 Å². The SMILES string of the molecule is COC(=O)N[C@H]1CCC[C@@H]1C(Cn1ccnc1C)(c1cccc(F)c1)C1CCN(CCc2ccc3[nH]c(=O)[nH]c3c2)CC1. The Balaban J connectivity index is 1.28. The van der Waals surface area contributed by atoms with Crippen molar-refractivity contribution in [2.24, 2.45) is 11.8 Å². The molecule has 2 aromatic carbocycles. The predicted octanol–water partition coefficient (Wildman–Crippen LogP) is 4.92. The van der Waals surface area contributed by atoms with E-state index in [0.29, 0.717) is 6.54 Å². The molecule has 1 saturated carbocycles. The minimum absolute atomic E-state index is 0.0626. The Bertz CT molecular complexity index is 1620. The van der Waals surface area contributed by atoms with E-state index in [-0.39, 0.29) is 29.4 Å². The van der Waals surface area contributed by atoms with Crippen molar-refractivity contribution in [3.63, 3.8) is 0 Å². The van der Waals surface area contributed by atoms with E-state index >= 15 is 0 Å². The van der Waals surface area contributed by atoms with Crippen LogP contribution in [0.2, 0.25) is 0 Å². The van der Waals surface area contributed by atoms with Crippen molar-refractivity contribution in [3.05, 3.63) is 88.1 Å². The number of aromatic nitrogens is 4. The quantitative estimate of drug-likeness (QED) is 0.257. The maximum absolute atomic E-state index is 15.0. The van der Waals surface area contributed by atoms with Crippen LogP contribution in [-0.4, -0.2) is 63.3 Å². The number of nitrogens with one attached hydrogen (secondary N) is 3. The fraction of sp³-hybridized carbons (Fsp3) is 0.485. The van der Waals surface area contributed by atoms with Gasteiger partial charge in [0.2, 0.25) is 0 Å². The topological polar surface area (TPSA) is 108 Å². The van der Waals surface area contributed by atoms with E-state index in [9.17, 15) is 14.0 Å². The van der Waals surface area contributed by atoms with Crippen molar-refractivity contribution in [3.8, 4) is 0 Å². The highest BCUT2D eigenvalue weighted by atomic mass is 19.1. The average molecular weight is 589 g/mol. The lowest BCUT2D eigenvalue weighted by atomic mass is 9.58. The second-order valence-corrected chi connectivity index (χ2v) is 12.3. The minimum atomic E-state index is -0.416. The van der Waals surface area contributed by atoms with E-state index in [0.717, 1.165) is 80.6 Å². The summed E-state index contributed by atoms with van der Waals surface area (Å²) < 4.78 is 22.2. The lowest BCUT2D eigenvalue weighted by Gasteiger charge is -2.51. The van der Waals surface area contributed by atoms with Crippen molar-refractivity contribution >= 4 is 17.1 Å². The Labute approximate surface area is 250 Å². The number of likely N-dealkylation sites (tertiary alicyclic amines) is 1. The molecule has 1 aliphatic carbocycles. The van der Waals surface area contributed by atoms with Gasteiger partial charge >= 0.3 is 11.8 Å². The van der Waals surface area contributed by atoms with Crippen LogP contribution in [0.4, 0.5) is 9.18 Å². The van der Waals surface area contributed by atoms with Crippen LogP contribution in [0.1, 0.15) is 49.1 Å². The molecule has 2 aliphatic rings. The van der Waals surface area contributed by atoms with Crippen molar-refractivity contribution in [1.82, 2.24) is 29.7 Å². The van der Waals surface area contributed by atoms with Gasteiger partial charge in [0.25, 0.3) is 0 Å². The zero-order valence-corrected chi connectivity index (χ0v) is 24.9. The molecule has 0 radical (unpaired) electrons. The fourth-order valence-corrected chi connectivity index (χ4v) is 7.87. The number of hydrogen-bond acceptors (Lipinski definition) is 5. The number of fused-ring (bicyclic) bond motifs is 1. The number of methoxy groups -OCH3 is 1. The zero-order chi connectivity index (χ0) is 30.0. The highest BCUT2D eigenvalue weighted by Gasteiger charge is 2.52. The van der Waals surface area contributed by atoms with Gasteiger partial charge < -0.3 is 29.5 Å². The number of halogens is 1. The van der Waals surface area contributed by atoms with E-state index in [1.54, 1.807) is 6.07 Å². The molecule has 1 saturated heterocycles. The number of hydrogen-bond donors (Lipinski definition) is 3. The Kier molecular flexibility index (Phi) is 8.38. The van der Waals surface area contributed by atoms with Crippen LogP contribution in [0.5, 0.6) is 0 Å². The van der Waals surface area contributed by atoms with Gasteiger partial charge in [0, 0.05) is 36.9 Å². The molecule has 9 nitrogen and oxygen atoms in total. The number of carbonyl (C=O) groups is 1. The first-order valence-corrected chi connectivity index (χ1v) is 15.4. The zero-order valence-electron chi connectivity index (χ0n) is 24.9. The third-order valence-corrected chi connectivity index (χ3v) is 10.00. The minimum Gasteiger partial charge on any atom is -0.453 e. The maximum Gasteiger partial charge on any atom is 0.407 e. The van der Waals surface area contributed by atoms with Gasteiger partial charge in [-0.1, -0.05) is 24.6 Å². The molecular weight excluding hydrogens is 547 g/mol. The molecule has 3 N–H and O–H groups in total. The molecule has 3 atom stereocenters. The first-order valence-electron chi connectivity index (χ1n) is 15.4. The first-order chi connectivity index (χ1) is 20.9. The molecule has 0 bridgehead atoms. The number of carbonyl (C=O) groups excluding carboxylic acids is 1. The number of benzene rings is 2. The standard InChI is InChI=1S/C33H41FN6O3/c1-22-35-14-18-40(22)21-33(25-5-3-6-26(34)20-25,27-7-4-8-28(27)38-32(42)43-2)24-12-16-39(17-13-24)15-11-23-9-10-29-30(19-23)37-31(41)36-29/h3,5-6,9-10,14,18-20,24,27-28H,4,7-8,11-13,15-17,21H2,1-2H3,(H,38,42)(H2,36,37,41)/t27-,28-,33?/m0/s1. The summed E-state index contributed by atoms with van der Waals surface area (Å²) in [5.41, 5.74) is 3.25. The number of H-pyrrole nitrogens is 2. The summed E-state index contributed by atoms with van der Waals surface area (Å²) in [6.45, 7) is 5.49. The number of imidazole rings is 2. The number of piperidine rings is 1. The summed E-state index contributed by atoms with van der Waals surface area (Å²) in [6, 6.07) is 13.2. The van der Waals surface area contributed by atoms with Crippen LogP contribution in [0.15, 0.2) is 59.7 Å². The van der Waals surface area contributed by atoms with Crippen LogP contribution in [0.25, 0.3) is 11.0 Å². The Morgan fingerprint density at radius 1 is 1.12 bits per heavy atom. The normalized spacial score (nSPS) is 21.2. The van der Waals surface area contributed by atoms with Gasteiger partial charge in [-0.05, 0) is 99.3 Å². The number of alkyl carbamates (subject to hydrolysis) is 1. The van der Waals surface area contributed by atoms with E-state index in [2.05, 4.69) is 47.9 Å². The molecule has 6 rings (SSSR count).